The van der Waals surface area contributed by atoms with Gasteiger partial charge in [0.05, 0.1) is 6.10 Å². The van der Waals surface area contributed by atoms with Crippen LogP contribution in [0.1, 0.15) is 62.6 Å². The first-order valence-corrected chi connectivity index (χ1v) is 7.77. The lowest BCUT2D eigenvalue weighted by Gasteiger charge is -2.28. The second-order valence-corrected chi connectivity index (χ2v) is 6.36. The summed E-state index contributed by atoms with van der Waals surface area (Å²) >= 11 is 0. The first kappa shape index (κ1) is 13.0. The van der Waals surface area contributed by atoms with Crippen LogP contribution in [0.3, 0.4) is 0 Å². The van der Waals surface area contributed by atoms with E-state index in [1.807, 2.05) is 0 Å². The molecule has 1 unspecified atom stereocenters. The first-order valence-electron chi connectivity index (χ1n) is 7.77. The molecule has 2 aliphatic rings. The minimum absolute atomic E-state index is 0.230. The van der Waals surface area contributed by atoms with Gasteiger partial charge in [-0.1, -0.05) is 13.0 Å². The molecule has 0 amide bonds. The topological polar surface area (TPSA) is 35.2 Å². The van der Waals surface area contributed by atoms with Crippen molar-refractivity contribution >= 4 is 0 Å². The van der Waals surface area contributed by atoms with Gasteiger partial charge in [0.25, 0.3) is 0 Å². The second-order valence-electron chi connectivity index (χ2n) is 6.36. The molecule has 0 bridgehead atoms. The molecule has 3 rings (SSSR count). The van der Waals surface area contributed by atoms with Crippen LogP contribution in [-0.2, 0) is 6.42 Å². The quantitative estimate of drug-likeness (QED) is 0.872. The van der Waals surface area contributed by atoms with Crippen LogP contribution >= 0.6 is 0 Å². The van der Waals surface area contributed by atoms with Gasteiger partial charge in [-0.15, -0.1) is 0 Å². The Labute approximate surface area is 116 Å². The lowest BCUT2D eigenvalue weighted by molar-refractivity contribution is 0.135. The third-order valence-corrected chi connectivity index (χ3v) is 4.74. The maximum atomic E-state index is 6.16. The molecule has 0 radical (unpaired) electrons. The van der Waals surface area contributed by atoms with E-state index in [-0.39, 0.29) is 6.04 Å². The molecule has 2 heteroatoms. The average Bonchev–Trinajstić information content (AvgIpc) is 2.42. The van der Waals surface area contributed by atoms with Crippen LogP contribution in [0.25, 0.3) is 0 Å². The van der Waals surface area contributed by atoms with Gasteiger partial charge < -0.3 is 10.5 Å². The Balaban J connectivity index is 1.68. The summed E-state index contributed by atoms with van der Waals surface area (Å²) in [5, 5.41) is 0. The van der Waals surface area contributed by atoms with E-state index >= 15 is 0 Å². The molecule has 2 N–H and O–H groups in total. The molecule has 1 atom stereocenters. The number of nitrogens with two attached hydrogens (primary N) is 1. The van der Waals surface area contributed by atoms with E-state index in [1.165, 1.54) is 43.2 Å². The lowest BCUT2D eigenvalue weighted by atomic mass is 9.87. The first-order chi connectivity index (χ1) is 9.22. The standard InChI is InChI=1S/C17H25NO/c1-12-5-7-14(8-6-12)19-15-9-10-16-13(11-15)3-2-4-17(16)18/h9-12,14,17H,2-8,18H2,1H3. The van der Waals surface area contributed by atoms with E-state index < -0.39 is 0 Å². The maximum absolute atomic E-state index is 6.16. The fraction of sp³-hybridized carbons (Fsp3) is 0.647. The Bertz CT molecular complexity index is 435. The number of benzene rings is 1. The molecule has 0 saturated heterocycles. The summed E-state index contributed by atoms with van der Waals surface area (Å²) < 4.78 is 6.16. The van der Waals surface area contributed by atoms with Crippen LogP contribution in [0, 0.1) is 5.92 Å². The largest absolute Gasteiger partial charge is 0.490 e. The lowest BCUT2D eigenvalue weighted by Crippen LogP contribution is -2.23. The summed E-state index contributed by atoms with van der Waals surface area (Å²) in [5.41, 5.74) is 8.89. The number of hydrogen-bond donors (Lipinski definition) is 1. The second kappa shape index (κ2) is 5.54. The highest BCUT2D eigenvalue weighted by Crippen LogP contribution is 2.32. The van der Waals surface area contributed by atoms with Gasteiger partial charge in [0.1, 0.15) is 5.75 Å². The predicted octanol–water partition coefficient (Wildman–Crippen LogP) is 3.98. The number of fused-ring (bicyclic) bond motifs is 1. The number of hydrogen-bond acceptors (Lipinski definition) is 2. The number of ether oxygens (including phenoxy) is 1. The van der Waals surface area contributed by atoms with E-state index in [0.29, 0.717) is 6.10 Å². The van der Waals surface area contributed by atoms with Crippen LogP contribution in [0.15, 0.2) is 18.2 Å². The fourth-order valence-corrected chi connectivity index (χ4v) is 3.44. The van der Waals surface area contributed by atoms with Crippen molar-refractivity contribution in [1.29, 1.82) is 0 Å². The molecule has 1 fully saturated rings. The Morgan fingerprint density at radius 1 is 1.11 bits per heavy atom. The van der Waals surface area contributed by atoms with Crippen molar-refractivity contribution in [3.63, 3.8) is 0 Å². The zero-order valence-corrected chi connectivity index (χ0v) is 11.9. The molecule has 0 spiro atoms. The van der Waals surface area contributed by atoms with Crippen LogP contribution in [0.2, 0.25) is 0 Å². The van der Waals surface area contributed by atoms with Crippen molar-refractivity contribution in [2.45, 2.75) is 64.0 Å². The van der Waals surface area contributed by atoms with Gasteiger partial charge in [-0.3, -0.25) is 0 Å². The van der Waals surface area contributed by atoms with Crippen LogP contribution in [0.4, 0.5) is 0 Å². The molecular weight excluding hydrogens is 234 g/mol. The zero-order valence-electron chi connectivity index (χ0n) is 11.9. The third-order valence-electron chi connectivity index (χ3n) is 4.74. The van der Waals surface area contributed by atoms with Crippen molar-refractivity contribution < 1.29 is 4.74 Å². The number of aryl methyl sites for hydroxylation is 1. The minimum Gasteiger partial charge on any atom is -0.490 e. The smallest absolute Gasteiger partial charge is 0.120 e. The summed E-state index contributed by atoms with van der Waals surface area (Å²) in [6, 6.07) is 6.75. The van der Waals surface area contributed by atoms with Gasteiger partial charge in [0.2, 0.25) is 0 Å². The van der Waals surface area contributed by atoms with Gasteiger partial charge in [0.15, 0.2) is 0 Å². The van der Waals surface area contributed by atoms with Crippen LogP contribution < -0.4 is 10.5 Å². The predicted molar refractivity (Wildman–Crippen MR) is 78.4 cm³/mol. The minimum atomic E-state index is 0.230. The highest BCUT2D eigenvalue weighted by molar-refractivity contribution is 5.39. The van der Waals surface area contributed by atoms with Crippen molar-refractivity contribution in [2.75, 3.05) is 0 Å². The maximum Gasteiger partial charge on any atom is 0.120 e. The Morgan fingerprint density at radius 3 is 2.68 bits per heavy atom. The molecule has 2 nitrogen and oxygen atoms in total. The van der Waals surface area contributed by atoms with Crippen molar-refractivity contribution in [2.24, 2.45) is 11.7 Å². The highest BCUT2D eigenvalue weighted by Gasteiger charge is 2.21. The fourth-order valence-electron chi connectivity index (χ4n) is 3.44. The van der Waals surface area contributed by atoms with E-state index in [2.05, 4.69) is 25.1 Å². The van der Waals surface area contributed by atoms with E-state index in [9.17, 15) is 0 Å². The summed E-state index contributed by atoms with van der Waals surface area (Å²) in [5.74, 6) is 1.92. The van der Waals surface area contributed by atoms with Crippen molar-refractivity contribution in [3.05, 3.63) is 29.3 Å². The monoisotopic (exact) mass is 259 g/mol. The van der Waals surface area contributed by atoms with Gasteiger partial charge in [-0.2, -0.15) is 0 Å². The van der Waals surface area contributed by atoms with E-state index in [0.717, 1.165) is 24.5 Å². The molecule has 1 saturated carbocycles. The van der Waals surface area contributed by atoms with Gasteiger partial charge in [-0.05, 0) is 74.1 Å². The molecule has 0 heterocycles. The zero-order chi connectivity index (χ0) is 13.2. The van der Waals surface area contributed by atoms with Gasteiger partial charge in [0, 0.05) is 6.04 Å². The van der Waals surface area contributed by atoms with Gasteiger partial charge >= 0.3 is 0 Å². The molecular formula is C17H25NO. The van der Waals surface area contributed by atoms with E-state index in [1.54, 1.807) is 0 Å². The summed E-state index contributed by atoms with van der Waals surface area (Å²) in [6.45, 7) is 2.34. The number of rotatable bonds is 2. The highest BCUT2D eigenvalue weighted by atomic mass is 16.5. The Morgan fingerprint density at radius 2 is 1.89 bits per heavy atom. The summed E-state index contributed by atoms with van der Waals surface area (Å²) in [6.07, 6.45) is 8.93. The Kier molecular flexibility index (Phi) is 3.79. The average molecular weight is 259 g/mol. The molecule has 19 heavy (non-hydrogen) atoms. The molecule has 0 aromatic heterocycles. The summed E-state index contributed by atoms with van der Waals surface area (Å²) in [7, 11) is 0. The van der Waals surface area contributed by atoms with Crippen LogP contribution in [-0.4, -0.2) is 6.10 Å². The summed E-state index contributed by atoms with van der Waals surface area (Å²) in [4.78, 5) is 0. The van der Waals surface area contributed by atoms with Crippen molar-refractivity contribution in [3.8, 4) is 5.75 Å². The van der Waals surface area contributed by atoms with Crippen molar-refractivity contribution in [1.82, 2.24) is 0 Å². The molecule has 2 aliphatic carbocycles. The normalized spacial score (nSPS) is 30.7. The third kappa shape index (κ3) is 2.94. The molecule has 0 aliphatic heterocycles. The molecule has 1 aromatic rings. The van der Waals surface area contributed by atoms with E-state index in [4.69, 9.17) is 10.5 Å². The molecule has 104 valence electrons. The van der Waals surface area contributed by atoms with Gasteiger partial charge in [-0.25, -0.2) is 0 Å². The SMILES string of the molecule is CC1CCC(Oc2ccc3c(c2)CCCC3N)CC1. The van der Waals surface area contributed by atoms with Crippen LogP contribution in [0.5, 0.6) is 5.75 Å². The molecule has 1 aromatic carbocycles. The Hall–Kier alpha value is -1.02.